The second-order valence-corrected chi connectivity index (χ2v) is 2.33. The third kappa shape index (κ3) is 7.62. The number of carbonyl (C=O) groups excluding carboxylic acids is 1. The van der Waals surface area contributed by atoms with Crippen LogP contribution in [-0.4, -0.2) is 19.1 Å². The van der Waals surface area contributed by atoms with Crippen molar-refractivity contribution in [3.05, 3.63) is 0 Å². The van der Waals surface area contributed by atoms with E-state index < -0.39 is 0 Å². The first-order valence-electron chi connectivity index (χ1n) is 3.53. The number of nitrogens with two attached hydrogens (primary N) is 1. The van der Waals surface area contributed by atoms with Gasteiger partial charge in [0.15, 0.2) is 0 Å². The molecule has 4 heteroatoms. The Labute approximate surface area is 73.7 Å². The van der Waals surface area contributed by atoms with Crippen LogP contribution in [-0.2, 0) is 9.53 Å². The lowest BCUT2D eigenvalue weighted by molar-refractivity contribution is -0.141. The largest absolute Gasteiger partial charge is 0.469 e. The van der Waals surface area contributed by atoms with E-state index in [1.165, 1.54) is 7.11 Å². The molecule has 0 saturated heterocycles. The summed E-state index contributed by atoms with van der Waals surface area (Å²) < 4.78 is 4.45. The minimum atomic E-state index is -0.221. The molecule has 0 radical (unpaired) electrons. The molecule has 0 amide bonds. The summed E-state index contributed by atoms with van der Waals surface area (Å²) in [6, 6.07) is -0.0301. The zero-order valence-electron chi connectivity index (χ0n) is 7.00. The smallest absolute Gasteiger partial charge is 0.307 e. The van der Waals surface area contributed by atoms with Crippen LogP contribution in [0.2, 0.25) is 0 Å². The van der Waals surface area contributed by atoms with E-state index in [0.717, 1.165) is 12.8 Å². The molecule has 0 aliphatic heterocycles. The lowest BCUT2D eigenvalue weighted by Gasteiger charge is -2.06. The molecule has 0 unspecified atom stereocenters. The molecule has 0 aromatic carbocycles. The minimum Gasteiger partial charge on any atom is -0.469 e. The highest BCUT2D eigenvalue weighted by Gasteiger charge is 2.07. The van der Waals surface area contributed by atoms with Crippen LogP contribution in [0.3, 0.4) is 0 Å². The van der Waals surface area contributed by atoms with Gasteiger partial charge < -0.3 is 10.5 Å². The van der Waals surface area contributed by atoms with Crippen LogP contribution in [0.25, 0.3) is 0 Å². The standard InChI is InChI=1S/C7H15NO2.ClH/c1-3-4-6(8)5-7(9)10-2;/h6H,3-5,8H2,1-2H3;1H/t6-;/m0./s1. The minimum absolute atomic E-state index is 0. The van der Waals surface area contributed by atoms with Crippen molar-refractivity contribution in [1.29, 1.82) is 0 Å². The summed E-state index contributed by atoms with van der Waals surface area (Å²) in [6.45, 7) is 2.04. The second-order valence-electron chi connectivity index (χ2n) is 2.33. The Morgan fingerprint density at radius 2 is 2.18 bits per heavy atom. The van der Waals surface area contributed by atoms with Crippen molar-refractivity contribution >= 4 is 18.4 Å². The third-order valence-electron chi connectivity index (χ3n) is 1.32. The van der Waals surface area contributed by atoms with Crippen molar-refractivity contribution in [2.24, 2.45) is 5.73 Å². The normalized spacial score (nSPS) is 11.5. The predicted octanol–water partition coefficient (Wildman–Crippen LogP) is 1.10. The van der Waals surface area contributed by atoms with Crippen LogP contribution in [0.1, 0.15) is 26.2 Å². The fourth-order valence-electron chi connectivity index (χ4n) is 0.770. The predicted molar refractivity (Wildman–Crippen MR) is 46.8 cm³/mol. The lowest BCUT2D eigenvalue weighted by atomic mass is 10.1. The van der Waals surface area contributed by atoms with Gasteiger partial charge in [-0.1, -0.05) is 13.3 Å². The van der Waals surface area contributed by atoms with Crippen LogP contribution >= 0.6 is 12.4 Å². The van der Waals surface area contributed by atoms with Gasteiger partial charge in [-0.2, -0.15) is 0 Å². The maximum Gasteiger partial charge on any atom is 0.307 e. The van der Waals surface area contributed by atoms with Crippen LogP contribution in [0.15, 0.2) is 0 Å². The first-order chi connectivity index (χ1) is 4.70. The molecule has 3 nitrogen and oxygen atoms in total. The van der Waals surface area contributed by atoms with E-state index in [2.05, 4.69) is 4.74 Å². The van der Waals surface area contributed by atoms with Gasteiger partial charge in [0.05, 0.1) is 13.5 Å². The molecule has 0 bridgehead atoms. The van der Waals surface area contributed by atoms with E-state index in [-0.39, 0.29) is 24.4 Å². The zero-order chi connectivity index (χ0) is 7.98. The molecule has 68 valence electrons. The number of hydrogen-bond donors (Lipinski definition) is 1. The van der Waals surface area contributed by atoms with Gasteiger partial charge in [0, 0.05) is 6.04 Å². The van der Waals surface area contributed by atoms with E-state index >= 15 is 0 Å². The molecular formula is C7H16ClNO2. The molecule has 0 aliphatic carbocycles. The van der Waals surface area contributed by atoms with Crippen molar-refractivity contribution in [1.82, 2.24) is 0 Å². The van der Waals surface area contributed by atoms with Crippen molar-refractivity contribution in [3.8, 4) is 0 Å². The maximum atomic E-state index is 10.6. The number of carbonyl (C=O) groups is 1. The number of methoxy groups -OCH3 is 1. The van der Waals surface area contributed by atoms with Gasteiger partial charge in [0.2, 0.25) is 0 Å². The Kier molecular flexibility index (Phi) is 9.47. The molecular weight excluding hydrogens is 166 g/mol. The van der Waals surface area contributed by atoms with E-state index in [9.17, 15) is 4.79 Å². The van der Waals surface area contributed by atoms with E-state index in [1.54, 1.807) is 0 Å². The first kappa shape index (κ1) is 13.3. The van der Waals surface area contributed by atoms with Gasteiger partial charge in [0.1, 0.15) is 0 Å². The summed E-state index contributed by atoms with van der Waals surface area (Å²) in [5, 5.41) is 0. The third-order valence-corrected chi connectivity index (χ3v) is 1.32. The average Bonchev–Trinajstić information content (AvgIpc) is 1.88. The molecule has 11 heavy (non-hydrogen) atoms. The fraction of sp³-hybridized carbons (Fsp3) is 0.857. The highest BCUT2D eigenvalue weighted by atomic mass is 35.5. The molecule has 0 heterocycles. The molecule has 0 aromatic heterocycles. The topological polar surface area (TPSA) is 52.3 Å². The number of esters is 1. The maximum absolute atomic E-state index is 10.6. The number of ether oxygens (including phenoxy) is 1. The van der Waals surface area contributed by atoms with E-state index in [4.69, 9.17) is 5.73 Å². The van der Waals surface area contributed by atoms with Gasteiger partial charge in [-0.05, 0) is 6.42 Å². The van der Waals surface area contributed by atoms with E-state index in [0.29, 0.717) is 6.42 Å². The number of hydrogen-bond acceptors (Lipinski definition) is 3. The molecule has 1 atom stereocenters. The van der Waals surface area contributed by atoms with E-state index in [1.807, 2.05) is 6.92 Å². The van der Waals surface area contributed by atoms with Crippen molar-refractivity contribution in [2.75, 3.05) is 7.11 Å². The molecule has 0 saturated carbocycles. The number of rotatable bonds is 4. The van der Waals surface area contributed by atoms with Gasteiger partial charge in [0.25, 0.3) is 0 Å². The molecule has 2 N–H and O–H groups in total. The van der Waals surface area contributed by atoms with Gasteiger partial charge in [-0.25, -0.2) is 0 Å². The summed E-state index contributed by atoms with van der Waals surface area (Å²) in [7, 11) is 1.38. The Morgan fingerprint density at radius 1 is 1.64 bits per heavy atom. The Hall–Kier alpha value is -0.280. The van der Waals surface area contributed by atoms with Crippen LogP contribution in [0.4, 0.5) is 0 Å². The molecule has 0 fully saturated rings. The highest BCUT2D eigenvalue weighted by Crippen LogP contribution is 1.98. The van der Waals surface area contributed by atoms with Crippen LogP contribution in [0.5, 0.6) is 0 Å². The average molecular weight is 182 g/mol. The molecule has 0 spiro atoms. The molecule has 0 aliphatic rings. The van der Waals surface area contributed by atoms with Crippen molar-refractivity contribution in [2.45, 2.75) is 32.2 Å². The SMILES string of the molecule is CCC[C@H](N)CC(=O)OC.Cl. The quantitative estimate of drug-likeness (QED) is 0.661. The van der Waals surface area contributed by atoms with Gasteiger partial charge in [-0.3, -0.25) is 4.79 Å². The molecule has 0 aromatic rings. The highest BCUT2D eigenvalue weighted by molar-refractivity contribution is 5.85. The summed E-state index contributed by atoms with van der Waals surface area (Å²) >= 11 is 0. The van der Waals surface area contributed by atoms with Gasteiger partial charge in [-0.15, -0.1) is 12.4 Å². The Balaban J connectivity index is 0. The summed E-state index contributed by atoms with van der Waals surface area (Å²) in [6.07, 6.45) is 2.23. The number of halogens is 1. The van der Waals surface area contributed by atoms with Crippen molar-refractivity contribution in [3.63, 3.8) is 0 Å². The first-order valence-corrected chi connectivity index (χ1v) is 3.53. The lowest BCUT2D eigenvalue weighted by Crippen LogP contribution is -2.23. The summed E-state index contributed by atoms with van der Waals surface area (Å²) in [5.74, 6) is -0.221. The summed E-state index contributed by atoms with van der Waals surface area (Å²) in [5.41, 5.74) is 5.56. The summed E-state index contributed by atoms with van der Waals surface area (Å²) in [4.78, 5) is 10.6. The Bertz CT molecular complexity index is 109. The fourth-order valence-corrected chi connectivity index (χ4v) is 0.770. The van der Waals surface area contributed by atoms with Crippen LogP contribution < -0.4 is 5.73 Å². The van der Waals surface area contributed by atoms with Crippen molar-refractivity contribution < 1.29 is 9.53 Å². The molecule has 0 rings (SSSR count). The zero-order valence-corrected chi connectivity index (χ0v) is 7.82. The van der Waals surface area contributed by atoms with Gasteiger partial charge >= 0.3 is 5.97 Å². The van der Waals surface area contributed by atoms with Crippen LogP contribution in [0, 0.1) is 0 Å². The Morgan fingerprint density at radius 3 is 2.55 bits per heavy atom. The monoisotopic (exact) mass is 181 g/mol. The second kappa shape index (κ2) is 7.82.